The van der Waals surface area contributed by atoms with Crippen molar-refractivity contribution in [3.63, 3.8) is 0 Å². The molecule has 0 radical (unpaired) electrons. The van der Waals surface area contributed by atoms with Crippen LogP contribution in [0.3, 0.4) is 0 Å². The number of aliphatic hydroxyl groups is 1. The summed E-state index contributed by atoms with van der Waals surface area (Å²) in [7, 11) is 1.28. The Bertz CT molecular complexity index is 333. The molecule has 0 unspecified atom stereocenters. The van der Waals surface area contributed by atoms with E-state index in [1.807, 2.05) is 31.2 Å². The van der Waals surface area contributed by atoms with E-state index in [0.29, 0.717) is 6.42 Å². The van der Waals surface area contributed by atoms with Crippen LogP contribution in [0.5, 0.6) is 0 Å². The fourth-order valence-electron chi connectivity index (χ4n) is 1.53. The van der Waals surface area contributed by atoms with Gasteiger partial charge >= 0.3 is 5.97 Å². The minimum absolute atomic E-state index is 0.316. The molecule has 0 bridgehead atoms. The topological polar surface area (TPSA) is 46.5 Å². The van der Waals surface area contributed by atoms with Gasteiger partial charge in [0.25, 0.3) is 0 Å². The summed E-state index contributed by atoms with van der Waals surface area (Å²) in [6, 6.07) is 7.77. The van der Waals surface area contributed by atoms with Crippen LogP contribution in [0, 0.1) is 0 Å². The van der Waals surface area contributed by atoms with Gasteiger partial charge in [-0.25, -0.2) is 4.79 Å². The van der Waals surface area contributed by atoms with E-state index in [0.717, 1.165) is 17.5 Å². The van der Waals surface area contributed by atoms with Crippen LogP contribution in [0.2, 0.25) is 0 Å². The molecule has 82 valence electrons. The number of aliphatic hydroxyl groups excluding tert-OH is 1. The van der Waals surface area contributed by atoms with Crippen LogP contribution in [0.25, 0.3) is 0 Å². The van der Waals surface area contributed by atoms with Gasteiger partial charge in [0.1, 0.15) is 0 Å². The van der Waals surface area contributed by atoms with Gasteiger partial charge in [-0.05, 0) is 17.5 Å². The second-order valence-corrected chi connectivity index (χ2v) is 3.37. The van der Waals surface area contributed by atoms with Crippen molar-refractivity contribution >= 4 is 5.97 Å². The first kappa shape index (κ1) is 11.7. The van der Waals surface area contributed by atoms with E-state index in [9.17, 15) is 9.90 Å². The average Bonchev–Trinajstić information content (AvgIpc) is 2.28. The van der Waals surface area contributed by atoms with Gasteiger partial charge in [0.15, 0.2) is 6.10 Å². The molecule has 0 saturated carbocycles. The number of benzene rings is 1. The lowest BCUT2D eigenvalue weighted by atomic mass is 10.00. The molecule has 0 fully saturated rings. The molecule has 15 heavy (non-hydrogen) atoms. The van der Waals surface area contributed by atoms with Gasteiger partial charge in [0.05, 0.1) is 7.11 Å². The first-order valence-corrected chi connectivity index (χ1v) is 5.01. The highest BCUT2D eigenvalue weighted by molar-refractivity contribution is 5.74. The normalized spacial score (nSPS) is 12.2. The molecule has 1 aromatic carbocycles. The number of carbonyl (C=O) groups excluding carboxylic acids is 1. The van der Waals surface area contributed by atoms with Crippen molar-refractivity contribution < 1.29 is 14.6 Å². The molecule has 0 aliphatic carbocycles. The molecule has 1 atom stereocenters. The Hall–Kier alpha value is -1.35. The standard InChI is InChI=1S/C12H16O3/c1-3-9-6-4-5-7-10(9)8-11(13)12(14)15-2/h4-7,11,13H,3,8H2,1-2H3/t11-/m1/s1. The van der Waals surface area contributed by atoms with Gasteiger partial charge in [0.2, 0.25) is 0 Å². The van der Waals surface area contributed by atoms with Crippen LogP contribution in [0.1, 0.15) is 18.1 Å². The van der Waals surface area contributed by atoms with Crippen molar-refractivity contribution in [2.24, 2.45) is 0 Å². The zero-order chi connectivity index (χ0) is 11.3. The maximum Gasteiger partial charge on any atom is 0.335 e. The van der Waals surface area contributed by atoms with Crippen molar-refractivity contribution in [3.05, 3.63) is 35.4 Å². The predicted octanol–water partition coefficient (Wildman–Crippen LogP) is 1.33. The summed E-state index contributed by atoms with van der Waals surface area (Å²) in [4.78, 5) is 11.0. The van der Waals surface area contributed by atoms with Gasteiger partial charge in [-0.15, -0.1) is 0 Å². The average molecular weight is 208 g/mol. The molecule has 1 aromatic rings. The fraction of sp³-hybridized carbons (Fsp3) is 0.417. The molecule has 0 aliphatic heterocycles. The van der Waals surface area contributed by atoms with Crippen LogP contribution in [-0.2, 0) is 22.4 Å². The number of hydrogen-bond acceptors (Lipinski definition) is 3. The van der Waals surface area contributed by atoms with Gasteiger partial charge in [0, 0.05) is 6.42 Å². The summed E-state index contributed by atoms with van der Waals surface area (Å²) in [5, 5.41) is 9.52. The largest absolute Gasteiger partial charge is 0.467 e. The summed E-state index contributed by atoms with van der Waals surface area (Å²) < 4.78 is 4.47. The van der Waals surface area contributed by atoms with Crippen LogP contribution in [-0.4, -0.2) is 24.3 Å². The summed E-state index contributed by atoms with van der Waals surface area (Å²) in [5.41, 5.74) is 2.15. The minimum Gasteiger partial charge on any atom is -0.467 e. The van der Waals surface area contributed by atoms with Gasteiger partial charge in [-0.2, -0.15) is 0 Å². The lowest BCUT2D eigenvalue weighted by molar-refractivity contribution is -0.150. The van der Waals surface area contributed by atoms with Gasteiger partial charge < -0.3 is 9.84 Å². The Morgan fingerprint density at radius 2 is 2.00 bits per heavy atom. The van der Waals surface area contributed by atoms with E-state index in [2.05, 4.69) is 4.74 Å². The summed E-state index contributed by atoms with van der Waals surface area (Å²) in [6.45, 7) is 2.04. The maximum absolute atomic E-state index is 11.0. The second-order valence-electron chi connectivity index (χ2n) is 3.37. The van der Waals surface area contributed by atoms with Crippen molar-refractivity contribution in [1.29, 1.82) is 0 Å². The van der Waals surface area contributed by atoms with E-state index < -0.39 is 12.1 Å². The summed E-state index contributed by atoms with van der Waals surface area (Å²) >= 11 is 0. The smallest absolute Gasteiger partial charge is 0.335 e. The number of rotatable bonds is 4. The molecule has 3 heteroatoms. The third kappa shape index (κ3) is 3.06. The van der Waals surface area contributed by atoms with E-state index in [-0.39, 0.29) is 0 Å². The molecule has 0 saturated heterocycles. The highest BCUT2D eigenvalue weighted by atomic mass is 16.5. The molecule has 1 rings (SSSR count). The van der Waals surface area contributed by atoms with Crippen molar-refractivity contribution in [2.45, 2.75) is 25.9 Å². The molecule has 0 aromatic heterocycles. The Labute approximate surface area is 89.7 Å². The molecule has 0 aliphatic rings. The van der Waals surface area contributed by atoms with Gasteiger partial charge in [-0.3, -0.25) is 0 Å². The highest BCUT2D eigenvalue weighted by Crippen LogP contribution is 2.12. The second kappa shape index (κ2) is 5.51. The number of ether oxygens (including phenoxy) is 1. The SMILES string of the molecule is CCc1ccccc1C[C@@H](O)C(=O)OC. The Balaban J connectivity index is 2.75. The van der Waals surface area contributed by atoms with E-state index in [1.165, 1.54) is 7.11 Å². The Morgan fingerprint density at radius 1 is 1.40 bits per heavy atom. The quantitative estimate of drug-likeness (QED) is 0.759. The lowest BCUT2D eigenvalue weighted by Gasteiger charge is -2.11. The molecule has 3 nitrogen and oxygen atoms in total. The van der Waals surface area contributed by atoms with E-state index >= 15 is 0 Å². The first-order valence-electron chi connectivity index (χ1n) is 5.01. The third-order valence-electron chi connectivity index (χ3n) is 2.39. The molecular weight excluding hydrogens is 192 g/mol. The van der Waals surface area contributed by atoms with Crippen LogP contribution in [0.15, 0.2) is 24.3 Å². The number of carbonyl (C=O) groups is 1. The van der Waals surface area contributed by atoms with E-state index in [4.69, 9.17) is 0 Å². The maximum atomic E-state index is 11.0. The number of esters is 1. The summed E-state index contributed by atoms with van der Waals surface area (Å²) in [5.74, 6) is -0.582. The zero-order valence-corrected chi connectivity index (χ0v) is 9.06. The number of hydrogen-bond donors (Lipinski definition) is 1. The van der Waals surface area contributed by atoms with Crippen molar-refractivity contribution in [1.82, 2.24) is 0 Å². The lowest BCUT2D eigenvalue weighted by Crippen LogP contribution is -2.24. The Kier molecular flexibility index (Phi) is 4.31. The Morgan fingerprint density at radius 3 is 2.53 bits per heavy atom. The minimum atomic E-state index is -1.07. The third-order valence-corrected chi connectivity index (χ3v) is 2.39. The van der Waals surface area contributed by atoms with Crippen molar-refractivity contribution in [2.75, 3.05) is 7.11 Å². The van der Waals surface area contributed by atoms with Crippen LogP contribution in [0.4, 0.5) is 0 Å². The van der Waals surface area contributed by atoms with Crippen LogP contribution >= 0.6 is 0 Å². The number of aryl methyl sites for hydroxylation is 1. The molecule has 0 spiro atoms. The molecule has 0 amide bonds. The number of methoxy groups -OCH3 is 1. The van der Waals surface area contributed by atoms with Crippen molar-refractivity contribution in [3.8, 4) is 0 Å². The highest BCUT2D eigenvalue weighted by Gasteiger charge is 2.16. The molecular formula is C12H16O3. The predicted molar refractivity (Wildman–Crippen MR) is 57.5 cm³/mol. The van der Waals surface area contributed by atoms with E-state index in [1.54, 1.807) is 0 Å². The zero-order valence-electron chi connectivity index (χ0n) is 9.06. The summed E-state index contributed by atoms with van der Waals surface area (Å²) in [6.07, 6.45) is 0.142. The first-order chi connectivity index (χ1) is 7.19. The fourth-order valence-corrected chi connectivity index (χ4v) is 1.53. The molecule has 0 heterocycles. The molecule has 1 N–H and O–H groups in total. The van der Waals surface area contributed by atoms with Gasteiger partial charge in [-0.1, -0.05) is 31.2 Å². The van der Waals surface area contributed by atoms with Crippen LogP contribution < -0.4 is 0 Å². The monoisotopic (exact) mass is 208 g/mol.